The van der Waals surface area contributed by atoms with E-state index in [4.69, 9.17) is 23.4 Å². The largest absolute Gasteiger partial charge is 0.445 e. The number of hydrogen-bond donors (Lipinski definition) is 4. The molecule has 67 heavy (non-hydrogen) atoms. The van der Waals surface area contributed by atoms with Crippen molar-refractivity contribution in [2.45, 2.75) is 75.2 Å². The lowest BCUT2D eigenvalue weighted by molar-refractivity contribution is -0.140. The third-order valence-corrected chi connectivity index (χ3v) is 12.3. The number of piperazine rings is 1. The maximum atomic E-state index is 14.1. The third-order valence-electron chi connectivity index (χ3n) is 12.3. The highest BCUT2D eigenvalue weighted by Crippen LogP contribution is 2.51. The van der Waals surface area contributed by atoms with Crippen molar-refractivity contribution in [1.82, 2.24) is 49.9 Å². The fourth-order valence-electron chi connectivity index (χ4n) is 8.58. The van der Waals surface area contributed by atoms with Gasteiger partial charge in [-0.25, -0.2) is 28.3 Å². The van der Waals surface area contributed by atoms with Gasteiger partial charge in [-0.05, 0) is 49.4 Å². The summed E-state index contributed by atoms with van der Waals surface area (Å²) < 4.78 is 34.6. The van der Waals surface area contributed by atoms with Gasteiger partial charge in [0.2, 0.25) is 35.5 Å². The molecule has 25 heteroatoms. The van der Waals surface area contributed by atoms with Gasteiger partial charge in [-0.15, -0.1) is 0 Å². The number of aryl methyl sites for hydroxylation is 1. The van der Waals surface area contributed by atoms with Crippen molar-refractivity contribution in [2.24, 2.45) is 18.7 Å². The standard InChI is InChI=1S/C42H53BF2N14O8/c1-53(40(65)59(29-19-49-55(3)21-29)39-47-13-12-34(51-39)56-22-27-10-11-28(23-56)58(27)37(63)30-18-42(30,44)45)15-16-54(2)41(66)67-24-25-6-8-26(9-7-25)50-35(61)20-48-36(62)32-5-4-14-57(32)38(64)31(52-43)17-33(46)60/h6-9,12-13,19,21,27-28,30-32,52H,4-5,10-11,14-18,20,22-24H2,1-3H3,(H2,46,60)(H,48,62)(H,50,61). The highest BCUT2D eigenvalue weighted by Gasteiger charge is 2.64. The molecule has 5 heterocycles. The molecule has 5 unspecified atom stereocenters. The van der Waals surface area contributed by atoms with E-state index in [0.717, 1.165) is 0 Å². The highest BCUT2D eigenvalue weighted by molar-refractivity contribution is 6.07. The minimum Gasteiger partial charge on any atom is -0.445 e. The Bertz CT molecular complexity index is 2350. The number of hydrogen-bond acceptors (Lipinski definition) is 13. The number of nitrogens with zero attached hydrogens (tertiary/aromatic N) is 10. The molecular weight excluding hydrogens is 877 g/mol. The first-order valence-electron chi connectivity index (χ1n) is 21.8. The molecule has 5 N–H and O–H groups in total. The van der Waals surface area contributed by atoms with Crippen molar-refractivity contribution in [3.8, 4) is 0 Å². The van der Waals surface area contributed by atoms with Crippen LogP contribution in [0.25, 0.3) is 0 Å². The molecule has 5 atom stereocenters. The summed E-state index contributed by atoms with van der Waals surface area (Å²) in [5, 5.41) is 11.7. The number of aromatic nitrogens is 4. The van der Waals surface area contributed by atoms with E-state index in [1.807, 2.05) is 4.90 Å². The molecule has 3 aromatic rings. The van der Waals surface area contributed by atoms with Gasteiger partial charge in [0, 0.05) is 96.9 Å². The van der Waals surface area contributed by atoms with Crippen LogP contribution in [0.3, 0.4) is 0 Å². The van der Waals surface area contributed by atoms with Crippen LogP contribution in [-0.2, 0) is 42.4 Å². The van der Waals surface area contributed by atoms with Crippen LogP contribution in [0.4, 0.5) is 41.5 Å². The first-order chi connectivity index (χ1) is 31.9. The van der Waals surface area contributed by atoms with Gasteiger partial charge in [0.15, 0.2) is 7.98 Å². The van der Waals surface area contributed by atoms with Crippen LogP contribution in [0.1, 0.15) is 44.1 Å². The molecule has 7 rings (SSSR count). The summed E-state index contributed by atoms with van der Waals surface area (Å²) in [5.74, 6) is -6.40. The summed E-state index contributed by atoms with van der Waals surface area (Å²) in [5.41, 5.74) is 6.63. The zero-order valence-electron chi connectivity index (χ0n) is 37.3. The molecule has 4 fully saturated rings. The van der Waals surface area contributed by atoms with Gasteiger partial charge < -0.3 is 50.8 Å². The van der Waals surface area contributed by atoms with E-state index in [0.29, 0.717) is 61.5 Å². The number of nitrogens with one attached hydrogen (secondary N) is 3. The molecular formula is C42H53BF2N14O8. The molecule has 0 spiro atoms. The molecule has 4 aliphatic rings. The van der Waals surface area contributed by atoms with E-state index in [2.05, 4.69) is 25.9 Å². The number of primary amides is 1. The number of carbonyl (C=O) groups is 7. The van der Waals surface area contributed by atoms with Crippen molar-refractivity contribution in [1.29, 1.82) is 0 Å². The van der Waals surface area contributed by atoms with Crippen LogP contribution >= 0.6 is 0 Å². The Morgan fingerprint density at radius 3 is 2.31 bits per heavy atom. The maximum absolute atomic E-state index is 14.1. The Morgan fingerprint density at radius 2 is 1.69 bits per heavy atom. The van der Waals surface area contributed by atoms with Crippen molar-refractivity contribution in [3.05, 3.63) is 54.5 Å². The summed E-state index contributed by atoms with van der Waals surface area (Å²) in [7, 11) is 10.2. The van der Waals surface area contributed by atoms with E-state index in [-0.39, 0.29) is 57.2 Å². The Hall–Kier alpha value is -6.92. The second-order valence-electron chi connectivity index (χ2n) is 17.2. The quantitative estimate of drug-likeness (QED) is 0.135. The fourth-order valence-corrected chi connectivity index (χ4v) is 8.58. The number of urea groups is 1. The maximum Gasteiger partial charge on any atom is 0.409 e. The summed E-state index contributed by atoms with van der Waals surface area (Å²) in [6.07, 6.45) is 5.58. The van der Waals surface area contributed by atoms with E-state index in [1.54, 1.807) is 55.5 Å². The number of nitrogens with two attached hydrogens (primary N) is 1. The van der Waals surface area contributed by atoms with Crippen LogP contribution in [0.5, 0.6) is 0 Å². The summed E-state index contributed by atoms with van der Waals surface area (Å²) >= 11 is 0. The zero-order valence-corrected chi connectivity index (χ0v) is 37.3. The molecule has 8 amide bonds. The molecule has 3 saturated heterocycles. The lowest BCUT2D eigenvalue weighted by atomic mass is 10.1. The molecule has 1 aromatic carbocycles. The van der Waals surface area contributed by atoms with Gasteiger partial charge in [0.25, 0.3) is 5.92 Å². The SMILES string of the molecule is [B]NC(CC(N)=O)C(=O)N1CCCC1C(=O)NCC(=O)Nc1ccc(COC(=O)N(C)CCN(C)C(=O)N(c2cnn(C)c2)c2nccc(N3CC4CCC(C3)N4C(=O)C3CC3(F)F)n2)cc1. The number of anilines is 4. The van der Waals surface area contributed by atoms with Crippen LogP contribution in [-0.4, -0.2) is 172 Å². The minimum absolute atomic E-state index is 0.0660. The Labute approximate surface area is 385 Å². The number of benzene rings is 1. The van der Waals surface area contributed by atoms with Crippen molar-refractivity contribution < 1.29 is 47.1 Å². The predicted octanol–water partition coefficient (Wildman–Crippen LogP) is 0.466. The zero-order chi connectivity index (χ0) is 48.2. The Kier molecular flexibility index (Phi) is 14.6. The summed E-state index contributed by atoms with van der Waals surface area (Å²) in [4.78, 5) is 108. The van der Waals surface area contributed by atoms with E-state index in [9.17, 15) is 42.3 Å². The number of carbonyl (C=O) groups excluding carboxylic acids is 7. The van der Waals surface area contributed by atoms with E-state index in [1.165, 1.54) is 43.7 Å². The monoisotopic (exact) mass is 930 g/mol. The molecule has 1 saturated carbocycles. The molecule has 3 aliphatic heterocycles. The minimum atomic E-state index is -2.94. The molecule has 2 aromatic heterocycles. The molecule has 1 aliphatic carbocycles. The summed E-state index contributed by atoms with van der Waals surface area (Å²) in [6.45, 7) is 0.809. The van der Waals surface area contributed by atoms with Crippen LogP contribution in [0.2, 0.25) is 0 Å². The number of likely N-dealkylation sites (N-methyl/N-ethyl adjacent to an activating group) is 2. The average Bonchev–Trinajstić information content (AvgIpc) is 3.66. The lowest BCUT2D eigenvalue weighted by Gasteiger charge is -2.41. The van der Waals surface area contributed by atoms with Crippen molar-refractivity contribution in [2.75, 3.05) is 68.5 Å². The Balaban J connectivity index is 0.868. The predicted molar refractivity (Wildman–Crippen MR) is 236 cm³/mol. The molecule has 2 bridgehead atoms. The molecule has 22 nitrogen and oxygen atoms in total. The van der Waals surface area contributed by atoms with Crippen LogP contribution in [0.15, 0.2) is 48.9 Å². The number of ether oxygens (including phenoxy) is 1. The first-order valence-corrected chi connectivity index (χ1v) is 21.8. The fraction of sp³-hybridized carbons (Fsp3) is 0.524. The first kappa shape index (κ1) is 48.0. The second kappa shape index (κ2) is 20.3. The second-order valence-corrected chi connectivity index (χ2v) is 17.2. The van der Waals surface area contributed by atoms with Gasteiger partial charge in [0.1, 0.15) is 24.4 Å². The average molecular weight is 931 g/mol. The number of rotatable bonds is 17. The van der Waals surface area contributed by atoms with Gasteiger partial charge in [-0.3, -0.25) is 28.7 Å². The number of fused-ring (bicyclic) bond motifs is 2. The van der Waals surface area contributed by atoms with Crippen molar-refractivity contribution in [3.63, 3.8) is 0 Å². The van der Waals surface area contributed by atoms with Crippen LogP contribution < -0.4 is 31.4 Å². The topological polar surface area (TPSA) is 254 Å². The van der Waals surface area contributed by atoms with E-state index >= 15 is 0 Å². The summed E-state index contributed by atoms with van der Waals surface area (Å²) in [6, 6.07) is 5.32. The number of alkyl halides is 2. The third kappa shape index (κ3) is 11.2. The molecule has 2 radical (unpaired) electrons. The van der Waals surface area contributed by atoms with Gasteiger partial charge in [0.05, 0.1) is 24.5 Å². The van der Waals surface area contributed by atoms with Crippen molar-refractivity contribution >= 4 is 72.8 Å². The number of halogens is 2. The smallest absolute Gasteiger partial charge is 0.409 e. The normalized spacial score (nSPS) is 20.7. The van der Waals surface area contributed by atoms with Gasteiger partial charge in [-0.1, -0.05) is 12.1 Å². The molecule has 356 valence electrons. The number of amides is 8. The lowest BCUT2D eigenvalue weighted by Crippen LogP contribution is -2.56. The van der Waals surface area contributed by atoms with Gasteiger partial charge >= 0.3 is 12.1 Å². The van der Waals surface area contributed by atoms with Crippen LogP contribution in [0, 0.1) is 5.92 Å². The Morgan fingerprint density at radius 1 is 1.00 bits per heavy atom. The van der Waals surface area contributed by atoms with Gasteiger partial charge in [-0.2, -0.15) is 10.1 Å². The number of likely N-dealkylation sites (tertiary alicyclic amines) is 1. The highest BCUT2D eigenvalue weighted by atomic mass is 19.3. The van der Waals surface area contributed by atoms with E-state index < -0.39 is 72.0 Å².